The number of nitrogens with zero attached hydrogens (tertiary/aromatic N) is 1. The topological polar surface area (TPSA) is 24.5 Å². The summed E-state index contributed by atoms with van der Waals surface area (Å²) in [5.41, 5.74) is 1.45. The normalized spacial score (nSPS) is 25.4. The van der Waals surface area contributed by atoms with Crippen LogP contribution in [0, 0.1) is 0 Å². The quantitative estimate of drug-likeness (QED) is 0.874. The highest BCUT2D eigenvalue weighted by Crippen LogP contribution is 2.18. The molecule has 122 valence electrons. The molecule has 2 heterocycles. The number of hydrogen-bond acceptors (Lipinski definition) is 3. The van der Waals surface area contributed by atoms with Gasteiger partial charge in [0.2, 0.25) is 0 Å². The largest absolute Gasteiger partial charge is 0.377 e. The lowest BCUT2D eigenvalue weighted by atomic mass is 10.0. The molecule has 1 N–H and O–H groups in total. The van der Waals surface area contributed by atoms with Gasteiger partial charge in [-0.05, 0) is 57.7 Å². The summed E-state index contributed by atoms with van der Waals surface area (Å²) in [6.45, 7) is 6.88. The van der Waals surface area contributed by atoms with Crippen molar-refractivity contribution < 1.29 is 4.74 Å². The summed E-state index contributed by atoms with van der Waals surface area (Å²) < 4.78 is 5.79. The first-order chi connectivity index (χ1) is 10.8. The van der Waals surface area contributed by atoms with Crippen LogP contribution in [0.5, 0.6) is 0 Å². The van der Waals surface area contributed by atoms with Crippen molar-refractivity contribution in [2.24, 2.45) is 0 Å². The monoisotopic (exact) mass is 302 g/mol. The SMILES string of the molecule is C[C@H](NC1CCN(CCc2ccccc2)CC1)[C@@H]1CCCO1. The first-order valence-corrected chi connectivity index (χ1v) is 8.95. The fraction of sp³-hybridized carbons (Fsp3) is 0.684. The highest BCUT2D eigenvalue weighted by Gasteiger charge is 2.26. The van der Waals surface area contributed by atoms with Crippen LogP contribution in [-0.4, -0.2) is 49.3 Å². The summed E-state index contributed by atoms with van der Waals surface area (Å²) in [5.74, 6) is 0. The van der Waals surface area contributed by atoms with Crippen molar-refractivity contribution in [2.75, 3.05) is 26.2 Å². The molecule has 3 heteroatoms. The lowest BCUT2D eigenvalue weighted by molar-refractivity contribution is 0.0742. The lowest BCUT2D eigenvalue weighted by Crippen LogP contribution is -2.48. The molecule has 0 bridgehead atoms. The van der Waals surface area contributed by atoms with Crippen LogP contribution in [0.25, 0.3) is 0 Å². The molecule has 3 nitrogen and oxygen atoms in total. The number of benzene rings is 1. The highest BCUT2D eigenvalue weighted by atomic mass is 16.5. The highest BCUT2D eigenvalue weighted by molar-refractivity contribution is 5.14. The average Bonchev–Trinajstić information content (AvgIpc) is 3.10. The molecular formula is C19H30N2O. The van der Waals surface area contributed by atoms with Crippen LogP contribution in [0.1, 0.15) is 38.2 Å². The molecule has 1 aromatic rings. The third-order valence-electron chi connectivity index (χ3n) is 5.17. The van der Waals surface area contributed by atoms with Gasteiger partial charge < -0.3 is 15.0 Å². The Bertz CT molecular complexity index is 422. The van der Waals surface area contributed by atoms with Crippen LogP contribution in [0.3, 0.4) is 0 Å². The minimum absolute atomic E-state index is 0.441. The first kappa shape index (κ1) is 16.0. The summed E-state index contributed by atoms with van der Waals surface area (Å²) in [6.07, 6.45) is 6.61. The maximum atomic E-state index is 5.79. The van der Waals surface area contributed by atoms with Crippen molar-refractivity contribution in [3.05, 3.63) is 35.9 Å². The Kier molecular flexibility index (Phi) is 5.88. The van der Waals surface area contributed by atoms with E-state index in [1.807, 2.05) is 0 Å². The summed E-state index contributed by atoms with van der Waals surface area (Å²) in [6, 6.07) is 12.0. The minimum Gasteiger partial charge on any atom is -0.377 e. The average molecular weight is 302 g/mol. The van der Waals surface area contributed by atoms with Crippen molar-refractivity contribution in [3.8, 4) is 0 Å². The number of nitrogens with one attached hydrogen (secondary N) is 1. The maximum absolute atomic E-state index is 5.79. The van der Waals surface area contributed by atoms with E-state index in [1.165, 1.54) is 57.3 Å². The van der Waals surface area contributed by atoms with Gasteiger partial charge in [-0.1, -0.05) is 30.3 Å². The second-order valence-electron chi connectivity index (χ2n) is 6.86. The standard InChI is InChI=1S/C19H30N2O/c1-16(19-8-5-15-22-19)20-18-10-13-21(14-11-18)12-9-17-6-3-2-4-7-17/h2-4,6-7,16,18-20H,5,8-15H2,1H3/t16-,19-/m0/s1. The zero-order chi connectivity index (χ0) is 15.2. The van der Waals surface area contributed by atoms with E-state index in [1.54, 1.807) is 0 Å². The molecule has 2 saturated heterocycles. The lowest BCUT2D eigenvalue weighted by Gasteiger charge is -2.35. The number of piperidine rings is 1. The molecule has 2 atom stereocenters. The van der Waals surface area contributed by atoms with E-state index >= 15 is 0 Å². The molecule has 2 fully saturated rings. The zero-order valence-corrected chi connectivity index (χ0v) is 13.8. The summed E-state index contributed by atoms with van der Waals surface area (Å²) >= 11 is 0. The molecule has 0 unspecified atom stereocenters. The van der Waals surface area contributed by atoms with Crippen molar-refractivity contribution in [1.82, 2.24) is 10.2 Å². The molecule has 0 amide bonds. The molecule has 22 heavy (non-hydrogen) atoms. The Labute approximate surface area is 135 Å². The van der Waals surface area contributed by atoms with Gasteiger partial charge in [0.1, 0.15) is 0 Å². The molecule has 0 saturated carbocycles. The van der Waals surface area contributed by atoms with Gasteiger partial charge in [0.05, 0.1) is 6.10 Å². The second kappa shape index (κ2) is 8.09. The van der Waals surface area contributed by atoms with Gasteiger partial charge in [-0.2, -0.15) is 0 Å². The Morgan fingerprint density at radius 1 is 1.18 bits per heavy atom. The van der Waals surface area contributed by atoms with Crippen LogP contribution in [-0.2, 0) is 11.2 Å². The van der Waals surface area contributed by atoms with Gasteiger partial charge >= 0.3 is 0 Å². The second-order valence-corrected chi connectivity index (χ2v) is 6.86. The van der Waals surface area contributed by atoms with Gasteiger partial charge in [-0.15, -0.1) is 0 Å². The van der Waals surface area contributed by atoms with Crippen LogP contribution in [0.15, 0.2) is 30.3 Å². The zero-order valence-electron chi connectivity index (χ0n) is 13.8. The van der Waals surface area contributed by atoms with Crippen molar-refractivity contribution in [3.63, 3.8) is 0 Å². The van der Waals surface area contributed by atoms with Crippen molar-refractivity contribution in [1.29, 1.82) is 0 Å². The Morgan fingerprint density at radius 2 is 1.95 bits per heavy atom. The van der Waals surface area contributed by atoms with Gasteiger partial charge in [0.15, 0.2) is 0 Å². The molecule has 2 aliphatic rings. The van der Waals surface area contributed by atoms with Gasteiger partial charge in [-0.3, -0.25) is 0 Å². The first-order valence-electron chi connectivity index (χ1n) is 8.95. The molecule has 1 aromatic carbocycles. The fourth-order valence-electron chi connectivity index (χ4n) is 3.73. The minimum atomic E-state index is 0.441. The molecular weight excluding hydrogens is 272 g/mol. The van der Waals surface area contributed by atoms with E-state index in [4.69, 9.17) is 4.74 Å². The van der Waals surface area contributed by atoms with E-state index in [2.05, 4.69) is 47.5 Å². The molecule has 3 rings (SSSR count). The van der Waals surface area contributed by atoms with E-state index in [-0.39, 0.29) is 0 Å². The van der Waals surface area contributed by atoms with Crippen LogP contribution >= 0.6 is 0 Å². The van der Waals surface area contributed by atoms with Gasteiger partial charge in [0, 0.05) is 25.2 Å². The Morgan fingerprint density at radius 3 is 2.64 bits per heavy atom. The van der Waals surface area contributed by atoms with E-state index < -0.39 is 0 Å². The van der Waals surface area contributed by atoms with Crippen LogP contribution < -0.4 is 5.32 Å². The predicted molar refractivity (Wildman–Crippen MR) is 91.2 cm³/mol. The number of rotatable bonds is 6. The Balaban J connectivity index is 1.35. The van der Waals surface area contributed by atoms with E-state index in [9.17, 15) is 0 Å². The number of ether oxygens (including phenoxy) is 1. The van der Waals surface area contributed by atoms with E-state index in [0.29, 0.717) is 18.2 Å². The molecule has 0 aromatic heterocycles. The maximum Gasteiger partial charge on any atom is 0.0726 e. The third kappa shape index (κ3) is 4.55. The molecule has 2 aliphatic heterocycles. The molecule has 0 spiro atoms. The predicted octanol–water partition coefficient (Wildman–Crippen LogP) is 2.85. The van der Waals surface area contributed by atoms with Crippen molar-refractivity contribution in [2.45, 2.75) is 57.2 Å². The Hall–Kier alpha value is -0.900. The van der Waals surface area contributed by atoms with Crippen LogP contribution in [0.4, 0.5) is 0 Å². The van der Waals surface area contributed by atoms with Crippen molar-refractivity contribution >= 4 is 0 Å². The number of likely N-dealkylation sites (tertiary alicyclic amines) is 1. The van der Waals surface area contributed by atoms with Crippen LogP contribution in [0.2, 0.25) is 0 Å². The van der Waals surface area contributed by atoms with Gasteiger partial charge in [0.25, 0.3) is 0 Å². The number of hydrogen-bond donors (Lipinski definition) is 1. The summed E-state index contributed by atoms with van der Waals surface area (Å²) in [4.78, 5) is 2.61. The summed E-state index contributed by atoms with van der Waals surface area (Å²) in [5, 5.41) is 3.80. The van der Waals surface area contributed by atoms with Gasteiger partial charge in [-0.25, -0.2) is 0 Å². The molecule has 0 aliphatic carbocycles. The fourth-order valence-corrected chi connectivity index (χ4v) is 3.73. The smallest absolute Gasteiger partial charge is 0.0726 e. The third-order valence-corrected chi connectivity index (χ3v) is 5.17. The summed E-state index contributed by atoms with van der Waals surface area (Å²) in [7, 11) is 0. The van der Waals surface area contributed by atoms with E-state index in [0.717, 1.165) is 6.61 Å². The molecule has 0 radical (unpaired) electrons.